The topological polar surface area (TPSA) is 79.9 Å². The highest BCUT2D eigenvalue weighted by atomic mass is 19.4. The third kappa shape index (κ3) is 6.23. The fourth-order valence-electron chi connectivity index (χ4n) is 3.58. The number of allylic oxidation sites excluding steroid dienone is 3. The minimum atomic E-state index is -4.46. The number of alkyl halides is 3. The van der Waals surface area contributed by atoms with Gasteiger partial charge in [-0.3, -0.25) is 4.79 Å². The van der Waals surface area contributed by atoms with Crippen molar-refractivity contribution in [3.05, 3.63) is 89.0 Å². The molecule has 35 heavy (non-hydrogen) atoms. The first kappa shape index (κ1) is 23.9. The summed E-state index contributed by atoms with van der Waals surface area (Å²) in [6.45, 7) is 1.23. The van der Waals surface area contributed by atoms with Gasteiger partial charge in [0.05, 0.1) is 12.1 Å². The van der Waals surface area contributed by atoms with E-state index in [1.54, 1.807) is 12.2 Å². The molecule has 1 aliphatic heterocycles. The second kappa shape index (κ2) is 9.96. The molecule has 2 amide bonds. The van der Waals surface area contributed by atoms with Crippen LogP contribution >= 0.6 is 0 Å². The Morgan fingerprint density at radius 3 is 2.51 bits per heavy atom. The molecule has 0 fully saturated rings. The van der Waals surface area contributed by atoms with Gasteiger partial charge in [0.15, 0.2) is 0 Å². The van der Waals surface area contributed by atoms with E-state index in [1.165, 1.54) is 12.0 Å². The van der Waals surface area contributed by atoms with Gasteiger partial charge < -0.3 is 20.2 Å². The van der Waals surface area contributed by atoms with Crippen molar-refractivity contribution in [2.24, 2.45) is 0 Å². The molecular formula is C25H22F3N3O4. The van der Waals surface area contributed by atoms with Gasteiger partial charge in [0, 0.05) is 24.4 Å². The second-order valence-corrected chi connectivity index (χ2v) is 7.87. The molecule has 10 heteroatoms. The van der Waals surface area contributed by atoms with Gasteiger partial charge in [-0.2, -0.15) is 18.2 Å². The number of fused-ring (bicyclic) bond motifs is 1. The first-order valence-corrected chi connectivity index (χ1v) is 10.8. The lowest BCUT2D eigenvalue weighted by Crippen LogP contribution is -2.38. The molecule has 0 atom stereocenters. The normalized spacial score (nSPS) is 14.9. The Morgan fingerprint density at radius 2 is 1.80 bits per heavy atom. The van der Waals surface area contributed by atoms with Crippen LogP contribution in [0.3, 0.4) is 0 Å². The van der Waals surface area contributed by atoms with Gasteiger partial charge >= 0.3 is 18.2 Å². The van der Waals surface area contributed by atoms with E-state index < -0.39 is 23.7 Å². The van der Waals surface area contributed by atoms with Crippen molar-refractivity contribution in [1.82, 2.24) is 10.4 Å². The highest BCUT2D eigenvalue weighted by molar-refractivity contribution is 5.90. The minimum absolute atomic E-state index is 0.0144. The number of hydrogen-bond donors (Lipinski definition) is 2. The summed E-state index contributed by atoms with van der Waals surface area (Å²) >= 11 is 0. The molecule has 0 saturated heterocycles. The van der Waals surface area contributed by atoms with Crippen molar-refractivity contribution in [2.45, 2.75) is 25.9 Å². The van der Waals surface area contributed by atoms with E-state index in [2.05, 4.69) is 22.8 Å². The lowest BCUT2D eigenvalue weighted by Gasteiger charge is -2.28. The summed E-state index contributed by atoms with van der Waals surface area (Å²) in [5, 5.41) is 6.25. The standard InChI is InChI=1S/C25H22F3N3O4/c1-16(32)35-31-15-21(30-24(33)29-20-9-7-19(8-10-20)25(26,27)28)11-13-23(31)34-22-12-6-17-4-2-3-5-18(17)14-22/h2,4,6-14H,3,5,15H2,1H3,(H2,29,30,33). The number of halogens is 3. The van der Waals surface area contributed by atoms with E-state index in [0.717, 1.165) is 48.2 Å². The Labute approximate surface area is 199 Å². The minimum Gasteiger partial charge on any atom is -0.438 e. The number of nitrogens with one attached hydrogen (secondary N) is 2. The van der Waals surface area contributed by atoms with Crippen molar-refractivity contribution in [1.29, 1.82) is 0 Å². The van der Waals surface area contributed by atoms with Crippen LogP contribution in [0.1, 0.15) is 30.0 Å². The molecule has 0 unspecified atom stereocenters. The Hall–Kier alpha value is -4.21. The summed E-state index contributed by atoms with van der Waals surface area (Å²) in [7, 11) is 0. The largest absolute Gasteiger partial charge is 0.438 e. The summed E-state index contributed by atoms with van der Waals surface area (Å²) in [5.74, 6) is 0.248. The van der Waals surface area contributed by atoms with Crippen molar-refractivity contribution in [2.75, 3.05) is 11.9 Å². The molecule has 0 aromatic heterocycles. The zero-order valence-corrected chi connectivity index (χ0v) is 18.7. The first-order valence-electron chi connectivity index (χ1n) is 10.8. The molecule has 2 aliphatic rings. The number of carbonyl (C=O) groups excluding carboxylic acids is 2. The molecule has 0 spiro atoms. The fourth-order valence-corrected chi connectivity index (χ4v) is 3.58. The summed E-state index contributed by atoms with van der Waals surface area (Å²) in [6, 6.07) is 9.10. The number of rotatable bonds is 5. The Morgan fingerprint density at radius 1 is 1.03 bits per heavy atom. The van der Waals surface area contributed by atoms with E-state index in [-0.39, 0.29) is 18.1 Å². The molecule has 1 heterocycles. The summed E-state index contributed by atoms with van der Waals surface area (Å²) < 4.78 is 44.0. The first-order chi connectivity index (χ1) is 16.7. The number of hydrogen-bond acceptors (Lipinski definition) is 5. The van der Waals surface area contributed by atoms with Gasteiger partial charge in [0.1, 0.15) is 5.75 Å². The number of amides is 2. The predicted octanol–water partition coefficient (Wildman–Crippen LogP) is 5.38. The van der Waals surface area contributed by atoms with Crippen molar-refractivity contribution >= 4 is 23.8 Å². The number of nitrogens with zero attached hydrogens (tertiary/aromatic N) is 1. The monoisotopic (exact) mass is 485 g/mol. The van der Waals surface area contributed by atoms with Crippen LogP contribution in [0.15, 0.2) is 72.3 Å². The van der Waals surface area contributed by atoms with Crippen LogP contribution < -0.4 is 15.4 Å². The van der Waals surface area contributed by atoms with E-state index >= 15 is 0 Å². The van der Waals surface area contributed by atoms with Crippen molar-refractivity contribution in [3.63, 3.8) is 0 Å². The van der Waals surface area contributed by atoms with Crippen LogP contribution in [0.5, 0.6) is 5.75 Å². The number of aryl methyl sites for hydroxylation is 1. The maximum atomic E-state index is 12.7. The lowest BCUT2D eigenvalue weighted by atomic mass is 9.97. The number of urea groups is 1. The zero-order valence-electron chi connectivity index (χ0n) is 18.7. The van der Waals surface area contributed by atoms with E-state index in [1.807, 2.05) is 18.2 Å². The van der Waals surface area contributed by atoms with Crippen LogP contribution in [-0.2, 0) is 22.2 Å². The van der Waals surface area contributed by atoms with E-state index in [4.69, 9.17) is 9.57 Å². The Bertz CT molecular complexity index is 1220. The number of anilines is 1. The third-order valence-corrected chi connectivity index (χ3v) is 5.18. The molecule has 0 radical (unpaired) electrons. The quantitative estimate of drug-likeness (QED) is 0.594. The average Bonchev–Trinajstić information content (AvgIpc) is 2.80. The smallest absolute Gasteiger partial charge is 0.416 e. The van der Waals surface area contributed by atoms with Gasteiger partial charge in [0.2, 0.25) is 5.88 Å². The van der Waals surface area contributed by atoms with Gasteiger partial charge in [-0.15, -0.1) is 0 Å². The highest BCUT2D eigenvalue weighted by Gasteiger charge is 2.30. The zero-order chi connectivity index (χ0) is 25.0. The van der Waals surface area contributed by atoms with Gasteiger partial charge in [-0.1, -0.05) is 18.2 Å². The number of benzene rings is 2. The Kier molecular flexibility index (Phi) is 6.81. The lowest BCUT2D eigenvalue weighted by molar-refractivity contribution is -0.184. The van der Waals surface area contributed by atoms with Gasteiger partial charge in [-0.05, 0) is 66.4 Å². The molecule has 2 aromatic carbocycles. The predicted molar refractivity (Wildman–Crippen MR) is 123 cm³/mol. The summed E-state index contributed by atoms with van der Waals surface area (Å²) in [4.78, 5) is 29.2. The van der Waals surface area contributed by atoms with Crippen LogP contribution in [0.25, 0.3) is 6.08 Å². The molecule has 4 rings (SSSR count). The second-order valence-electron chi connectivity index (χ2n) is 7.87. The molecule has 2 aromatic rings. The highest BCUT2D eigenvalue weighted by Crippen LogP contribution is 2.30. The van der Waals surface area contributed by atoms with Gasteiger partial charge in [-0.25, -0.2) is 4.79 Å². The van der Waals surface area contributed by atoms with Crippen LogP contribution in [0, 0.1) is 0 Å². The van der Waals surface area contributed by atoms with Crippen molar-refractivity contribution in [3.8, 4) is 5.75 Å². The summed E-state index contributed by atoms with van der Waals surface area (Å²) in [6.07, 6.45) is 4.69. The Balaban J connectivity index is 1.43. The summed E-state index contributed by atoms with van der Waals surface area (Å²) in [5.41, 5.74) is 2.02. The average molecular weight is 485 g/mol. The molecule has 1 aliphatic carbocycles. The van der Waals surface area contributed by atoms with E-state index in [9.17, 15) is 22.8 Å². The number of ether oxygens (including phenoxy) is 1. The SMILES string of the molecule is CC(=O)ON1CC(NC(=O)Nc2ccc(C(F)(F)F)cc2)=CC=C1Oc1ccc2c(c1)CCC=C2. The molecule has 0 bridgehead atoms. The molecule has 0 saturated carbocycles. The van der Waals surface area contributed by atoms with Crippen molar-refractivity contribution < 1.29 is 32.3 Å². The van der Waals surface area contributed by atoms with Gasteiger partial charge in [0.25, 0.3) is 0 Å². The third-order valence-electron chi connectivity index (χ3n) is 5.18. The molecule has 2 N–H and O–H groups in total. The number of hydroxylamine groups is 2. The molecule has 182 valence electrons. The maximum absolute atomic E-state index is 12.7. The van der Waals surface area contributed by atoms with Crippen LogP contribution in [0.2, 0.25) is 0 Å². The van der Waals surface area contributed by atoms with E-state index in [0.29, 0.717) is 11.4 Å². The molecular weight excluding hydrogens is 463 g/mol. The van der Waals surface area contributed by atoms with Crippen LogP contribution in [0.4, 0.5) is 23.7 Å². The number of carbonyl (C=O) groups is 2. The maximum Gasteiger partial charge on any atom is 0.416 e. The van der Waals surface area contributed by atoms with Crippen LogP contribution in [-0.4, -0.2) is 23.6 Å². The molecule has 7 nitrogen and oxygen atoms in total. The fraction of sp³-hybridized carbons (Fsp3) is 0.200.